The van der Waals surface area contributed by atoms with Gasteiger partial charge in [-0.1, -0.05) is 39.8 Å². The standard InChI is InChI=1S/C20H20BrN3O2S/c1-4-24-19(26)15-10-14(21)8-9-17(15)23-20(24)27-11-18(25)22-16-7-5-6-12(2)13(16)3/h5-10H,4,11H2,1-3H3,(H,22,25). The highest BCUT2D eigenvalue weighted by molar-refractivity contribution is 9.10. The molecule has 1 aromatic heterocycles. The van der Waals surface area contributed by atoms with Crippen LogP contribution in [0, 0.1) is 13.8 Å². The van der Waals surface area contributed by atoms with E-state index in [1.54, 1.807) is 16.7 Å². The molecule has 0 aliphatic heterocycles. The molecule has 0 atom stereocenters. The smallest absolute Gasteiger partial charge is 0.262 e. The lowest BCUT2D eigenvalue weighted by atomic mass is 10.1. The Morgan fingerprint density at radius 1 is 1.26 bits per heavy atom. The molecule has 3 aromatic rings. The Hall–Kier alpha value is -2.12. The Morgan fingerprint density at radius 2 is 2.04 bits per heavy atom. The topological polar surface area (TPSA) is 64.0 Å². The van der Waals surface area contributed by atoms with E-state index in [2.05, 4.69) is 26.2 Å². The van der Waals surface area contributed by atoms with Crippen molar-refractivity contribution in [3.8, 4) is 0 Å². The molecule has 0 bridgehead atoms. The average Bonchev–Trinajstić information content (AvgIpc) is 2.64. The van der Waals surface area contributed by atoms with Crippen LogP contribution in [0.3, 0.4) is 0 Å². The second kappa shape index (κ2) is 8.27. The van der Waals surface area contributed by atoms with Gasteiger partial charge in [0.2, 0.25) is 5.91 Å². The van der Waals surface area contributed by atoms with E-state index in [1.807, 2.05) is 45.0 Å². The van der Waals surface area contributed by atoms with Gasteiger partial charge in [0.15, 0.2) is 5.16 Å². The summed E-state index contributed by atoms with van der Waals surface area (Å²) in [5.74, 6) is 0.0588. The summed E-state index contributed by atoms with van der Waals surface area (Å²) >= 11 is 4.66. The lowest BCUT2D eigenvalue weighted by Crippen LogP contribution is -2.23. The van der Waals surface area contributed by atoms with E-state index in [9.17, 15) is 9.59 Å². The minimum absolute atomic E-state index is 0.0961. The Labute approximate surface area is 170 Å². The predicted molar refractivity (Wildman–Crippen MR) is 115 cm³/mol. The van der Waals surface area contributed by atoms with E-state index in [-0.39, 0.29) is 17.2 Å². The number of benzene rings is 2. The number of carbonyl (C=O) groups excluding carboxylic acids is 1. The van der Waals surface area contributed by atoms with Crippen LogP contribution in [0.1, 0.15) is 18.1 Å². The van der Waals surface area contributed by atoms with Crippen molar-refractivity contribution in [2.24, 2.45) is 0 Å². The maximum atomic E-state index is 12.7. The van der Waals surface area contributed by atoms with Crippen molar-refractivity contribution in [3.63, 3.8) is 0 Å². The van der Waals surface area contributed by atoms with E-state index < -0.39 is 0 Å². The normalized spacial score (nSPS) is 11.0. The summed E-state index contributed by atoms with van der Waals surface area (Å²) < 4.78 is 2.44. The van der Waals surface area contributed by atoms with Crippen molar-refractivity contribution in [1.29, 1.82) is 0 Å². The number of fused-ring (bicyclic) bond motifs is 1. The molecule has 0 fully saturated rings. The van der Waals surface area contributed by atoms with Gasteiger partial charge in [-0.2, -0.15) is 0 Å². The Balaban J connectivity index is 1.82. The molecule has 0 aliphatic carbocycles. The zero-order chi connectivity index (χ0) is 19.6. The third-order valence-electron chi connectivity index (χ3n) is 4.41. The van der Waals surface area contributed by atoms with Gasteiger partial charge in [-0.3, -0.25) is 14.2 Å². The zero-order valence-electron chi connectivity index (χ0n) is 15.4. The average molecular weight is 446 g/mol. The van der Waals surface area contributed by atoms with Crippen LogP contribution in [-0.4, -0.2) is 21.2 Å². The number of anilines is 1. The number of aryl methyl sites for hydroxylation is 1. The van der Waals surface area contributed by atoms with E-state index in [4.69, 9.17) is 0 Å². The van der Waals surface area contributed by atoms with Gasteiger partial charge in [-0.05, 0) is 56.2 Å². The number of nitrogens with one attached hydrogen (secondary N) is 1. The molecule has 27 heavy (non-hydrogen) atoms. The maximum Gasteiger partial charge on any atom is 0.262 e. The maximum absolute atomic E-state index is 12.7. The summed E-state index contributed by atoms with van der Waals surface area (Å²) in [6.07, 6.45) is 0. The van der Waals surface area contributed by atoms with Crippen molar-refractivity contribution < 1.29 is 4.79 Å². The second-order valence-electron chi connectivity index (χ2n) is 6.19. The van der Waals surface area contributed by atoms with E-state index in [1.165, 1.54) is 11.8 Å². The molecule has 2 aromatic carbocycles. The number of thioether (sulfide) groups is 1. The van der Waals surface area contributed by atoms with Crippen LogP contribution in [0.5, 0.6) is 0 Å². The molecular weight excluding hydrogens is 426 g/mol. The SMILES string of the molecule is CCn1c(SCC(=O)Nc2cccc(C)c2C)nc2ccc(Br)cc2c1=O. The quantitative estimate of drug-likeness (QED) is 0.462. The Bertz CT molecular complexity index is 1080. The highest BCUT2D eigenvalue weighted by Gasteiger charge is 2.13. The summed E-state index contributed by atoms with van der Waals surface area (Å²) in [5.41, 5.74) is 3.52. The summed E-state index contributed by atoms with van der Waals surface area (Å²) in [6, 6.07) is 11.3. The van der Waals surface area contributed by atoms with Gasteiger partial charge in [0.05, 0.1) is 16.7 Å². The third-order valence-corrected chi connectivity index (χ3v) is 5.88. The fraction of sp³-hybridized carbons (Fsp3) is 0.250. The van der Waals surface area contributed by atoms with Crippen molar-refractivity contribution in [2.45, 2.75) is 32.5 Å². The number of carbonyl (C=O) groups is 1. The number of hydrogen-bond acceptors (Lipinski definition) is 4. The lowest BCUT2D eigenvalue weighted by molar-refractivity contribution is -0.113. The molecule has 0 aliphatic rings. The van der Waals surface area contributed by atoms with E-state index in [0.717, 1.165) is 21.3 Å². The van der Waals surface area contributed by atoms with Crippen molar-refractivity contribution >= 4 is 50.2 Å². The summed E-state index contributed by atoms with van der Waals surface area (Å²) in [5, 5.41) is 4.05. The van der Waals surface area contributed by atoms with Gasteiger partial charge < -0.3 is 5.32 Å². The molecular formula is C20H20BrN3O2S. The molecule has 1 amide bonds. The van der Waals surface area contributed by atoms with Gasteiger partial charge in [0.1, 0.15) is 0 Å². The van der Waals surface area contributed by atoms with E-state index >= 15 is 0 Å². The first-order valence-corrected chi connectivity index (χ1v) is 10.4. The molecule has 7 heteroatoms. The summed E-state index contributed by atoms with van der Waals surface area (Å²) in [7, 11) is 0. The second-order valence-corrected chi connectivity index (χ2v) is 8.05. The molecule has 1 heterocycles. The van der Waals surface area contributed by atoms with E-state index in [0.29, 0.717) is 22.6 Å². The Kier molecular flexibility index (Phi) is 6.01. The molecule has 0 radical (unpaired) electrons. The summed E-state index contributed by atoms with van der Waals surface area (Å²) in [4.78, 5) is 29.7. The van der Waals surface area contributed by atoms with Crippen LogP contribution in [0.15, 0.2) is 50.8 Å². The van der Waals surface area contributed by atoms with Crippen molar-refractivity contribution in [3.05, 3.63) is 62.4 Å². The molecule has 0 saturated carbocycles. The number of nitrogens with zero attached hydrogens (tertiary/aromatic N) is 2. The number of aromatic nitrogens is 2. The monoisotopic (exact) mass is 445 g/mol. The van der Waals surface area contributed by atoms with Gasteiger partial charge >= 0.3 is 0 Å². The number of rotatable bonds is 5. The van der Waals surface area contributed by atoms with Crippen molar-refractivity contribution in [1.82, 2.24) is 9.55 Å². The fourth-order valence-corrected chi connectivity index (χ4v) is 3.99. The molecule has 140 valence electrons. The number of hydrogen-bond donors (Lipinski definition) is 1. The molecule has 3 rings (SSSR count). The lowest BCUT2D eigenvalue weighted by Gasteiger charge is -2.12. The fourth-order valence-electron chi connectivity index (χ4n) is 2.76. The van der Waals surface area contributed by atoms with Crippen LogP contribution in [-0.2, 0) is 11.3 Å². The first kappa shape index (κ1) is 19.6. The van der Waals surface area contributed by atoms with Crippen LogP contribution >= 0.6 is 27.7 Å². The minimum Gasteiger partial charge on any atom is -0.325 e. The van der Waals surface area contributed by atoms with Gasteiger partial charge in [-0.15, -0.1) is 0 Å². The Morgan fingerprint density at radius 3 is 2.78 bits per heavy atom. The number of amides is 1. The van der Waals surface area contributed by atoms with Crippen LogP contribution < -0.4 is 10.9 Å². The van der Waals surface area contributed by atoms with Gasteiger partial charge in [0.25, 0.3) is 5.56 Å². The van der Waals surface area contributed by atoms with Crippen LogP contribution in [0.25, 0.3) is 10.9 Å². The predicted octanol–water partition coefficient (Wildman–Crippen LogP) is 4.53. The molecule has 0 unspecified atom stereocenters. The highest BCUT2D eigenvalue weighted by atomic mass is 79.9. The first-order chi connectivity index (χ1) is 12.9. The van der Waals surface area contributed by atoms with Crippen LogP contribution in [0.2, 0.25) is 0 Å². The third kappa shape index (κ3) is 4.25. The zero-order valence-corrected chi connectivity index (χ0v) is 17.8. The van der Waals surface area contributed by atoms with Crippen LogP contribution in [0.4, 0.5) is 5.69 Å². The molecule has 5 nitrogen and oxygen atoms in total. The largest absolute Gasteiger partial charge is 0.325 e. The molecule has 1 N–H and O–H groups in total. The van der Waals surface area contributed by atoms with Gasteiger partial charge in [0, 0.05) is 16.7 Å². The van der Waals surface area contributed by atoms with Crippen molar-refractivity contribution in [2.75, 3.05) is 11.1 Å². The first-order valence-electron chi connectivity index (χ1n) is 8.59. The summed E-state index contributed by atoms with van der Waals surface area (Å²) in [6.45, 7) is 6.38. The highest BCUT2D eigenvalue weighted by Crippen LogP contribution is 2.22. The molecule has 0 saturated heterocycles. The minimum atomic E-state index is -0.124. The van der Waals surface area contributed by atoms with Gasteiger partial charge in [-0.25, -0.2) is 4.98 Å². The molecule has 0 spiro atoms. The number of halogens is 1.